The first-order valence-electron chi connectivity index (χ1n) is 6.87. The van der Waals surface area contributed by atoms with Gasteiger partial charge < -0.3 is 10.2 Å². The van der Waals surface area contributed by atoms with Crippen LogP contribution in [0.1, 0.15) is 12.5 Å². The number of hydrogen-bond donors (Lipinski definition) is 1. The normalized spacial score (nSPS) is 17.7. The van der Waals surface area contributed by atoms with Crippen molar-refractivity contribution in [2.45, 2.75) is 18.7 Å². The molecule has 0 aromatic heterocycles. The molecule has 1 fully saturated rings. The topological polar surface area (TPSA) is 69.7 Å². The van der Waals surface area contributed by atoms with Gasteiger partial charge in [-0.15, -0.1) is 0 Å². The Morgan fingerprint density at radius 1 is 1.19 bits per heavy atom. The molecule has 0 spiro atoms. The number of amides is 1. The van der Waals surface area contributed by atoms with Gasteiger partial charge in [0.1, 0.15) is 0 Å². The number of carbonyl (C=O) groups is 1. The van der Waals surface area contributed by atoms with Crippen LogP contribution in [0.4, 0.5) is 5.69 Å². The number of piperazine rings is 1. The minimum absolute atomic E-state index is 0.173. The average Bonchev–Trinajstić information content (AvgIpc) is 2.41. The van der Waals surface area contributed by atoms with E-state index in [-0.39, 0.29) is 10.8 Å². The molecule has 1 amide bonds. The molecule has 116 valence electrons. The van der Waals surface area contributed by atoms with E-state index in [1.54, 1.807) is 25.1 Å². The zero-order valence-electron chi connectivity index (χ0n) is 12.6. The van der Waals surface area contributed by atoms with Crippen LogP contribution in [0, 0.1) is 6.92 Å². The van der Waals surface area contributed by atoms with Gasteiger partial charge in [0.25, 0.3) is 0 Å². The number of anilines is 1. The Bertz CT molecular complexity index is 635. The highest BCUT2D eigenvalue weighted by Gasteiger charge is 2.27. The quantitative estimate of drug-likeness (QED) is 0.900. The number of rotatable bonds is 3. The van der Waals surface area contributed by atoms with Gasteiger partial charge in [0.15, 0.2) is 0 Å². The Kier molecular flexibility index (Phi) is 4.65. The Balaban J connectivity index is 2.24. The van der Waals surface area contributed by atoms with E-state index in [2.05, 4.69) is 10.2 Å². The second-order valence-electron chi connectivity index (χ2n) is 5.37. The van der Waals surface area contributed by atoms with Crippen LogP contribution in [0.15, 0.2) is 23.1 Å². The Morgan fingerprint density at radius 2 is 1.81 bits per heavy atom. The number of nitrogens with zero attached hydrogens (tertiary/aromatic N) is 2. The molecule has 0 aliphatic carbocycles. The predicted octanol–water partition coefficient (Wildman–Crippen LogP) is 0.890. The van der Waals surface area contributed by atoms with Crippen LogP contribution in [0.3, 0.4) is 0 Å². The van der Waals surface area contributed by atoms with Crippen molar-refractivity contribution >= 4 is 21.6 Å². The number of nitrogens with one attached hydrogen (secondary N) is 1. The fraction of sp³-hybridized carbons (Fsp3) is 0.500. The summed E-state index contributed by atoms with van der Waals surface area (Å²) in [5.41, 5.74) is 1.38. The second-order valence-corrected chi connectivity index (χ2v) is 7.30. The van der Waals surface area contributed by atoms with Gasteiger partial charge in [0.05, 0.1) is 4.90 Å². The number of hydrogen-bond acceptors (Lipinski definition) is 4. The maximum absolute atomic E-state index is 12.6. The third kappa shape index (κ3) is 3.61. The first kappa shape index (κ1) is 15.9. The minimum Gasteiger partial charge on any atom is -0.326 e. The van der Waals surface area contributed by atoms with Crippen molar-refractivity contribution in [2.24, 2.45) is 0 Å². The Labute approximate surface area is 125 Å². The molecule has 1 saturated heterocycles. The van der Waals surface area contributed by atoms with Crippen LogP contribution < -0.4 is 5.32 Å². The van der Waals surface area contributed by atoms with Gasteiger partial charge >= 0.3 is 0 Å². The van der Waals surface area contributed by atoms with Crippen LogP contribution in [-0.2, 0) is 14.8 Å². The SMILES string of the molecule is CC(=O)Nc1ccc(S(=O)(=O)N2CCN(C)CC2)cc1C. The summed E-state index contributed by atoms with van der Waals surface area (Å²) in [6, 6.07) is 4.80. The monoisotopic (exact) mass is 311 g/mol. The van der Waals surface area contributed by atoms with Crippen LogP contribution in [0.25, 0.3) is 0 Å². The van der Waals surface area contributed by atoms with Gasteiger partial charge in [-0.2, -0.15) is 4.31 Å². The van der Waals surface area contributed by atoms with Gasteiger partial charge in [-0.3, -0.25) is 4.79 Å². The van der Waals surface area contributed by atoms with Crippen molar-refractivity contribution in [1.82, 2.24) is 9.21 Å². The average molecular weight is 311 g/mol. The van der Waals surface area contributed by atoms with Crippen molar-refractivity contribution in [3.05, 3.63) is 23.8 Å². The maximum atomic E-state index is 12.6. The van der Waals surface area contributed by atoms with Gasteiger partial charge in [-0.25, -0.2) is 8.42 Å². The molecule has 0 radical (unpaired) electrons. The maximum Gasteiger partial charge on any atom is 0.243 e. The number of benzene rings is 1. The van der Waals surface area contributed by atoms with Gasteiger partial charge in [-0.05, 0) is 37.7 Å². The largest absolute Gasteiger partial charge is 0.326 e. The molecule has 1 aromatic carbocycles. The molecule has 1 aliphatic rings. The van der Waals surface area contributed by atoms with Gasteiger partial charge in [-0.1, -0.05) is 0 Å². The first-order chi connectivity index (χ1) is 9.80. The highest BCUT2D eigenvalue weighted by Crippen LogP contribution is 2.23. The summed E-state index contributed by atoms with van der Waals surface area (Å²) >= 11 is 0. The number of carbonyl (C=O) groups excluding carboxylic acids is 1. The zero-order valence-corrected chi connectivity index (χ0v) is 13.4. The highest BCUT2D eigenvalue weighted by molar-refractivity contribution is 7.89. The summed E-state index contributed by atoms with van der Waals surface area (Å²) in [5.74, 6) is -0.173. The molecule has 7 heteroatoms. The van der Waals surface area contributed by atoms with E-state index < -0.39 is 10.0 Å². The fourth-order valence-electron chi connectivity index (χ4n) is 2.30. The highest BCUT2D eigenvalue weighted by atomic mass is 32.2. The summed E-state index contributed by atoms with van der Waals surface area (Å²) in [6.07, 6.45) is 0. The molecule has 1 aromatic rings. The van der Waals surface area contributed by atoms with Crippen LogP contribution in [0.5, 0.6) is 0 Å². The summed E-state index contributed by atoms with van der Waals surface area (Å²) in [5, 5.41) is 2.68. The molecule has 1 aliphatic heterocycles. The summed E-state index contributed by atoms with van der Waals surface area (Å²) in [4.78, 5) is 13.5. The van der Waals surface area contributed by atoms with Crippen molar-refractivity contribution < 1.29 is 13.2 Å². The van der Waals surface area contributed by atoms with Crippen molar-refractivity contribution in [1.29, 1.82) is 0 Å². The van der Waals surface area contributed by atoms with E-state index in [0.29, 0.717) is 18.8 Å². The Hall–Kier alpha value is -1.44. The molecule has 6 nitrogen and oxygen atoms in total. The lowest BCUT2D eigenvalue weighted by atomic mass is 10.2. The second kappa shape index (κ2) is 6.13. The van der Waals surface area contributed by atoms with Gasteiger partial charge in [0.2, 0.25) is 15.9 Å². The van der Waals surface area contributed by atoms with Gasteiger partial charge in [0, 0.05) is 38.8 Å². The molecule has 0 bridgehead atoms. The predicted molar refractivity (Wildman–Crippen MR) is 81.7 cm³/mol. The lowest BCUT2D eigenvalue weighted by Gasteiger charge is -2.31. The summed E-state index contributed by atoms with van der Waals surface area (Å²) < 4.78 is 26.7. The summed E-state index contributed by atoms with van der Waals surface area (Å²) in [6.45, 7) is 5.70. The number of aryl methyl sites for hydroxylation is 1. The number of sulfonamides is 1. The Morgan fingerprint density at radius 3 is 2.33 bits per heavy atom. The smallest absolute Gasteiger partial charge is 0.243 e. The van der Waals surface area contributed by atoms with Crippen LogP contribution in [-0.4, -0.2) is 56.8 Å². The van der Waals surface area contributed by atoms with E-state index in [1.807, 2.05) is 7.05 Å². The lowest BCUT2D eigenvalue weighted by molar-refractivity contribution is -0.114. The van der Waals surface area contributed by atoms with E-state index in [0.717, 1.165) is 18.7 Å². The van der Waals surface area contributed by atoms with Crippen molar-refractivity contribution in [3.8, 4) is 0 Å². The standard InChI is InChI=1S/C14H21N3O3S/c1-11-10-13(4-5-14(11)15-12(2)18)21(19,20)17-8-6-16(3)7-9-17/h4-5,10H,6-9H2,1-3H3,(H,15,18). The lowest BCUT2D eigenvalue weighted by Crippen LogP contribution is -2.47. The molecular formula is C14H21N3O3S. The summed E-state index contributed by atoms with van der Waals surface area (Å²) in [7, 11) is -1.48. The van der Waals surface area contributed by atoms with E-state index >= 15 is 0 Å². The van der Waals surface area contributed by atoms with E-state index in [1.165, 1.54) is 11.2 Å². The van der Waals surface area contributed by atoms with E-state index in [9.17, 15) is 13.2 Å². The molecule has 2 rings (SSSR count). The van der Waals surface area contributed by atoms with Crippen molar-refractivity contribution in [3.63, 3.8) is 0 Å². The minimum atomic E-state index is -3.46. The van der Waals surface area contributed by atoms with Crippen molar-refractivity contribution in [2.75, 3.05) is 38.5 Å². The molecule has 21 heavy (non-hydrogen) atoms. The fourth-order valence-corrected chi connectivity index (χ4v) is 3.81. The molecule has 0 atom stereocenters. The molecule has 1 N–H and O–H groups in total. The van der Waals surface area contributed by atoms with Crippen LogP contribution in [0.2, 0.25) is 0 Å². The number of likely N-dealkylation sites (N-methyl/N-ethyl adjacent to an activating group) is 1. The first-order valence-corrected chi connectivity index (χ1v) is 8.31. The zero-order chi connectivity index (χ0) is 15.6. The third-order valence-corrected chi connectivity index (χ3v) is 5.50. The molecular weight excluding hydrogens is 290 g/mol. The molecule has 0 saturated carbocycles. The third-order valence-electron chi connectivity index (χ3n) is 3.61. The molecule has 0 unspecified atom stereocenters. The molecule has 1 heterocycles. The van der Waals surface area contributed by atoms with E-state index in [4.69, 9.17) is 0 Å². The van der Waals surface area contributed by atoms with Crippen LogP contribution >= 0.6 is 0 Å².